The summed E-state index contributed by atoms with van der Waals surface area (Å²) in [6, 6.07) is 20.1. The predicted octanol–water partition coefficient (Wildman–Crippen LogP) is 4.74. The molecule has 0 unspecified atom stereocenters. The van der Waals surface area contributed by atoms with Crippen molar-refractivity contribution in [3.8, 4) is 23.7 Å². The zero-order chi connectivity index (χ0) is 17.6. The molecule has 4 aromatic rings. The van der Waals surface area contributed by atoms with Crippen LogP contribution in [0.5, 0.6) is 0 Å². The average molecular weight is 330 g/mol. The standard InChI is InChI=1S/C24H14N2/c1(3-9-19-15-21-11-5-7-13-23(21)25-17-19)2-4-10-20-16-22-12-6-8-14-24(22)26-18-20/h1-2,5-8,11-18H/b2-1+. The van der Waals surface area contributed by atoms with Crippen LogP contribution in [0, 0.1) is 23.7 Å². The van der Waals surface area contributed by atoms with Crippen LogP contribution in [-0.4, -0.2) is 9.97 Å². The number of aromatic nitrogens is 2. The van der Waals surface area contributed by atoms with E-state index in [1.54, 1.807) is 24.5 Å². The van der Waals surface area contributed by atoms with Gasteiger partial charge in [-0.2, -0.15) is 0 Å². The van der Waals surface area contributed by atoms with Gasteiger partial charge < -0.3 is 0 Å². The van der Waals surface area contributed by atoms with Gasteiger partial charge in [-0.1, -0.05) is 60.1 Å². The van der Waals surface area contributed by atoms with Gasteiger partial charge in [-0.15, -0.1) is 0 Å². The van der Waals surface area contributed by atoms with Crippen LogP contribution in [0.25, 0.3) is 21.8 Å². The third-order valence-electron chi connectivity index (χ3n) is 3.86. The van der Waals surface area contributed by atoms with Crippen molar-refractivity contribution in [1.29, 1.82) is 0 Å². The number of benzene rings is 2. The molecule has 0 N–H and O–H groups in total. The zero-order valence-corrected chi connectivity index (χ0v) is 14.0. The second-order valence-corrected chi connectivity index (χ2v) is 5.71. The minimum Gasteiger partial charge on any atom is -0.255 e. The summed E-state index contributed by atoms with van der Waals surface area (Å²) < 4.78 is 0. The first-order chi connectivity index (χ1) is 12.9. The van der Waals surface area contributed by atoms with Crippen LogP contribution in [0.1, 0.15) is 11.1 Å². The molecule has 26 heavy (non-hydrogen) atoms. The number of nitrogens with zero attached hydrogens (tertiary/aromatic N) is 2. The van der Waals surface area contributed by atoms with Gasteiger partial charge in [0.05, 0.1) is 11.0 Å². The van der Waals surface area contributed by atoms with E-state index < -0.39 is 0 Å². The molecule has 2 aromatic carbocycles. The summed E-state index contributed by atoms with van der Waals surface area (Å²) in [5.74, 6) is 12.1. The van der Waals surface area contributed by atoms with Gasteiger partial charge >= 0.3 is 0 Å². The number of pyridine rings is 2. The highest BCUT2D eigenvalue weighted by Crippen LogP contribution is 2.12. The van der Waals surface area contributed by atoms with Crippen molar-refractivity contribution in [3.63, 3.8) is 0 Å². The molecule has 0 fully saturated rings. The molecule has 0 aliphatic carbocycles. The van der Waals surface area contributed by atoms with Gasteiger partial charge in [0.15, 0.2) is 0 Å². The first-order valence-corrected chi connectivity index (χ1v) is 8.26. The van der Waals surface area contributed by atoms with Gasteiger partial charge in [-0.3, -0.25) is 9.97 Å². The number of fused-ring (bicyclic) bond motifs is 2. The smallest absolute Gasteiger partial charge is 0.0702 e. The van der Waals surface area contributed by atoms with Crippen molar-refractivity contribution in [2.75, 3.05) is 0 Å². The van der Waals surface area contributed by atoms with Crippen LogP contribution in [0.3, 0.4) is 0 Å². The van der Waals surface area contributed by atoms with E-state index in [9.17, 15) is 0 Å². The lowest BCUT2D eigenvalue weighted by atomic mass is 10.1. The molecular weight excluding hydrogens is 316 g/mol. The van der Waals surface area contributed by atoms with Crippen molar-refractivity contribution < 1.29 is 0 Å². The van der Waals surface area contributed by atoms with E-state index in [-0.39, 0.29) is 0 Å². The van der Waals surface area contributed by atoms with E-state index in [0.717, 1.165) is 32.9 Å². The van der Waals surface area contributed by atoms with E-state index in [2.05, 4.69) is 33.6 Å². The van der Waals surface area contributed by atoms with Crippen LogP contribution in [0.15, 0.2) is 85.2 Å². The van der Waals surface area contributed by atoms with Gasteiger partial charge in [0.1, 0.15) is 0 Å². The van der Waals surface area contributed by atoms with E-state index >= 15 is 0 Å². The van der Waals surface area contributed by atoms with Gasteiger partial charge in [-0.25, -0.2) is 0 Å². The Morgan fingerprint density at radius 3 is 1.58 bits per heavy atom. The molecule has 2 nitrogen and oxygen atoms in total. The minimum absolute atomic E-state index is 0.889. The van der Waals surface area contributed by atoms with E-state index in [1.165, 1.54) is 0 Å². The Morgan fingerprint density at radius 2 is 1.08 bits per heavy atom. The molecule has 0 saturated carbocycles. The molecule has 0 saturated heterocycles. The van der Waals surface area contributed by atoms with Crippen LogP contribution in [0.4, 0.5) is 0 Å². The topological polar surface area (TPSA) is 25.8 Å². The van der Waals surface area contributed by atoms with E-state index in [0.29, 0.717) is 0 Å². The normalized spacial score (nSPS) is 10.3. The highest BCUT2D eigenvalue weighted by atomic mass is 14.6. The maximum Gasteiger partial charge on any atom is 0.0702 e. The SMILES string of the molecule is C(#Cc1cnc2ccccc2c1)/C=C/C#Cc1cnc2ccccc2c1. The first kappa shape index (κ1) is 15.6. The van der Waals surface area contributed by atoms with Gasteiger partial charge in [-0.05, 0) is 36.4 Å². The summed E-state index contributed by atoms with van der Waals surface area (Å²) in [5.41, 5.74) is 3.73. The summed E-state index contributed by atoms with van der Waals surface area (Å²) in [4.78, 5) is 8.80. The quantitative estimate of drug-likeness (QED) is 0.435. The largest absolute Gasteiger partial charge is 0.255 e. The average Bonchev–Trinajstić information content (AvgIpc) is 2.70. The molecule has 0 radical (unpaired) electrons. The molecule has 2 heterocycles. The Morgan fingerprint density at radius 1 is 0.615 bits per heavy atom. The van der Waals surface area contributed by atoms with Crippen LogP contribution < -0.4 is 0 Å². The molecule has 0 bridgehead atoms. The van der Waals surface area contributed by atoms with E-state index in [4.69, 9.17) is 0 Å². The molecule has 120 valence electrons. The summed E-state index contributed by atoms with van der Waals surface area (Å²) in [7, 11) is 0. The summed E-state index contributed by atoms with van der Waals surface area (Å²) in [6.07, 6.45) is 7.07. The molecular formula is C24H14N2. The number of hydrogen-bond acceptors (Lipinski definition) is 2. The fraction of sp³-hybridized carbons (Fsp3) is 0. The summed E-state index contributed by atoms with van der Waals surface area (Å²) in [5, 5.41) is 2.18. The van der Waals surface area contributed by atoms with Gasteiger partial charge in [0, 0.05) is 34.3 Å². The minimum atomic E-state index is 0.889. The van der Waals surface area contributed by atoms with E-state index in [1.807, 2.05) is 60.7 Å². The third-order valence-corrected chi connectivity index (χ3v) is 3.86. The molecule has 0 amide bonds. The Balaban J connectivity index is 1.47. The third kappa shape index (κ3) is 3.61. The first-order valence-electron chi connectivity index (χ1n) is 8.26. The maximum absolute atomic E-state index is 4.40. The fourth-order valence-corrected chi connectivity index (χ4v) is 2.61. The molecule has 0 aliphatic heterocycles. The van der Waals surface area contributed by atoms with Crippen molar-refractivity contribution in [2.24, 2.45) is 0 Å². The second-order valence-electron chi connectivity index (χ2n) is 5.71. The molecule has 0 spiro atoms. The molecule has 0 atom stereocenters. The maximum atomic E-state index is 4.40. The molecule has 0 aliphatic rings. The highest BCUT2D eigenvalue weighted by Gasteiger charge is 1.94. The Hall–Kier alpha value is -3.88. The molecule has 4 rings (SSSR count). The molecule has 2 heteroatoms. The Labute approximate surface area is 152 Å². The lowest BCUT2D eigenvalue weighted by Crippen LogP contribution is -1.81. The lowest BCUT2D eigenvalue weighted by Gasteiger charge is -1.96. The molecule has 2 aromatic heterocycles. The monoisotopic (exact) mass is 330 g/mol. The number of para-hydroxylation sites is 2. The van der Waals surface area contributed by atoms with Crippen molar-refractivity contribution in [3.05, 3.63) is 96.3 Å². The number of hydrogen-bond donors (Lipinski definition) is 0. The Bertz CT molecular complexity index is 1150. The second kappa shape index (κ2) is 7.34. The van der Waals surface area contributed by atoms with Crippen molar-refractivity contribution in [2.45, 2.75) is 0 Å². The van der Waals surface area contributed by atoms with Crippen molar-refractivity contribution in [1.82, 2.24) is 9.97 Å². The van der Waals surface area contributed by atoms with Crippen LogP contribution in [-0.2, 0) is 0 Å². The Kier molecular flexibility index (Phi) is 4.42. The summed E-state index contributed by atoms with van der Waals surface area (Å²) >= 11 is 0. The predicted molar refractivity (Wildman–Crippen MR) is 106 cm³/mol. The van der Waals surface area contributed by atoms with Gasteiger partial charge in [0.2, 0.25) is 0 Å². The van der Waals surface area contributed by atoms with Gasteiger partial charge in [0.25, 0.3) is 0 Å². The zero-order valence-electron chi connectivity index (χ0n) is 14.0. The summed E-state index contributed by atoms with van der Waals surface area (Å²) in [6.45, 7) is 0. The van der Waals surface area contributed by atoms with Crippen molar-refractivity contribution >= 4 is 21.8 Å². The fourth-order valence-electron chi connectivity index (χ4n) is 2.61. The number of rotatable bonds is 0. The number of allylic oxidation sites excluding steroid dienone is 2. The highest BCUT2D eigenvalue weighted by molar-refractivity contribution is 5.80. The lowest BCUT2D eigenvalue weighted by molar-refractivity contribution is 1.39. The van der Waals surface area contributed by atoms with Crippen LogP contribution >= 0.6 is 0 Å². The van der Waals surface area contributed by atoms with Crippen LogP contribution in [0.2, 0.25) is 0 Å².